The van der Waals surface area contributed by atoms with Crippen LogP contribution in [0.5, 0.6) is 0 Å². The summed E-state index contributed by atoms with van der Waals surface area (Å²) >= 11 is 0. The Morgan fingerprint density at radius 3 is 2.43 bits per heavy atom. The number of hydrogen-bond acceptors (Lipinski definition) is 3. The van der Waals surface area contributed by atoms with Gasteiger partial charge in [-0.2, -0.15) is 0 Å². The first kappa shape index (κ1) is 19.4. The van der Waals surface area contributed by atoms with E-state index in [9.17, 15) is 14.0 Å². The van der Waals surface area contributed by atoms with Gasteiger partial charge in [0.2, 0.25) is 11.8 Å². The van der Waals surface area contributed by atoms with Gasteiger partial charge in [-0.3, -0.25) is 14.5 Å². The van der Waals surface area contributed by atoms with E-state index >= 15 is 0 Å². The quantitative estimate of drug-likeness (QED) is 0.815. The van der Waals surface area contributed by atoms with E-state index in [-0.39, 0.29) is 34.5 Å². The number of nitrogens with one attached hydrogen (secondary N) is 2. The molecule has 3 fully saturated rings. The molecule has 2 amide bonds. The van der Waals surface area contributed by atoms with E-state index in [0.29, 0.717) is 12.2 Å². The lowest BCUT2D eigenvalue weighted by molar-refractivity contribution is -0.129. The number of benzene rings is 1. The molecule has 1 aliphatic heterocycles. The first-order valence-electron chi connectivity index (χ1n) is 10.4. The lowest BCUT2D eigenvalue weighted by Crippen LogP contribution is -2.60. The molecule has 0 bridgehead atoms. The van der Waals surface area contributed by atoms with Gasteiger partial charge in [-0.25, -0.2) is 4.39 Å². The largest absolute Gasteiger partial charge is 0.350 e. The van der Waals surface area contributed by atoms with Crippen molar-refractivity contribution in [3.05, 3.63) is 29.6 Å². The Hall–Kier alpha value is -1.95. The molecule has 0 unspecified atom stereocenters. The summed E-state index contributed by atoms with van der Waals surface area (Å²) in [5.41, 5.74) is 1.65. The Balaban J connectivity index is 1.21. The van der Waals surface area contributed by atoms with Gasteiger partial charge < -0.3 is 10.6 Å². The van der Waals surface area contributed by atoms with Crippen LogP contribution in [0.1, 0.15) is 51.0 Å². The van der Waals surface area contributed by atoms with Gasteiger partial charge in [0.05, 0.1) is 6.54 Å². The van der Waals surface area contributed by atoms with Crippen molar-refractivity contribution in [3.8, 4) is 0 Å². The summed E-state index contributed by atoms with van der Waals surface area (Å²) in [6.45, 7) is 6.31. The Bertz CT molecular complexity index is 754. The molecule has 1 spiro atoms. The lowest BCUT2D eigenvalue weighted by Gasteiger charge is -2.53. The fraction of sp³-hybridized carbons (Fsp3) is 0.636. The summed E-state index contributed by atoms with van der Waals surface area (Å²) in [4.78, 5) is 26.9. The van der Waals surface area contributed by atoms with Gasteiger partial charge in [0, 0.05) is 30.2 Å². The minimum atomic E-state index is -0.327. The van der Waals surface area contributed by atoms with Crippen molar-refractivity contribution in [2.75, 3.05) is 25.0 Å². The van der Waals surface area contributed by atoms with Crippen LogP contribution >= 0.6 is 0 Å². The van der Waals surface area contributed by atoms with E-state index in [4.69, 9.17) is 0 Å². The highest BCUT2D eigenvalue weighted by Gasteiger charge is 2.47. The van der Waals surface area contributed by atoms with Gasteiger partial charge in [0.15, 0.2) is 0 Å². The summed E-state index contributed by atoms with van der Waals surface area (Å²) in [5, 5.41) is 5.99. The standard InChI is InChI=1S/C22H30FN3O2/c1-15-9-17(23)11-18(10-15)24-20(28)16-3-5-22(6-4-16)13-26(14-22)12-19(27)25-21(2)7-8-21/h9-11,16H,3-8,12-14H2,1-2H3,(H,24,28)(H,25,27). The van der Waals surface area contributed by atoms with E-state index in [2.05, 4.69) is 22.5 Å². The molecule has 6 heteroatoms. The molecule has 152 valence electrons. The fourth-order valence-corrected chi connectivity index (χ4v) is 4.77. The van der Waals surface area contributed by atoms with Crippen LogP contribution in [-0.2, 0) is 9.59 Å². The van der Waals surface area contributed by atoms with E-state index < -0.39 is 0 Å². The van der Waals surface area contributed by atoms with E-state index in [1.54, 1.807) is 6.07 Å². The molecular formula is C22H30FN3O2. The summed E-state index contributed by atoms with van der Waals surface area (Å²) in [7, 11) is 0. The van der Waals surface area contributed by atoms with Crippen LogP contribution in [0.25, 0.3) is 0 Å². The van der Waals surface area contributed by atoms with Gasteiger partial charge in [-0.05, 0) is 81.5 Å². The van der Waals surface area contributed by atoms with Crippen LogP contribution < -0.4 is 10.6 Å². The summed E-state index contributed by atoms with van der Waals surface area (Å²) in [6.07, 6.45) is 5.92. The third-order valence-corrected chi connectivity index (χ3v) is 6.65. The van der Waals surface area contributed by atoms with E-state index in [1.165, 1.54) is 12.1 Å². The van der Waals surface area contributed by atoms with Crippen LogP contribution in [0.15, 0.2) is 18.2 Å². The predicted molar refractivity (Wildman–Crippen MR) is 106 cm³/mol. The number of hydrogen-bond donors (Lipinski definition) is 2. The Morgan fingerprint density at radius 1 is 1.14 bits per heavy atom. The van der Waals surface area contributed by atoms with E-state index in [1.807, 2.05) is 6.92 Å². The van der Waals surface area contributed by atoms with Crippen molar-refractivity contribution in [2.45, 2.75) is 57.9 Å². The fourth-order valence-electron chi connectivity index (χ4n) is 4.77. The molecule has 1 heterocycles. The third-order valence-electron chi connectivity index (χ3n) is 6.65. The number of halogens is 1. The highest BCUT2D eigenvalue weighted by Crippen LogP contribution is 2.45. The minimum Gasteiger partial charge on any atom is -0.350 e. The number of aryl methyl sites for hydroxylation is 1. The van der Waals surface area contributed by atoms with Gasteiger partial charge in [-0.1, -0.05) is 0 Å². The Kier molecular flexibility index (Phi) is 4.94. The molecule has 1 aromatic carbocycles. The predicted octanol–water partition coefficient (Wildman–Crippen LogP) is 3.23. The maximum atomic E-state index is 13.5. The second-order valence-electron chi connectivity index (χ2n) is 9.53. The monoisotopic (exact) mass is 387 g/mol. The topological polar surface area (TPSA) is 61.4 Å². The van der Waals surface area contributed by atoms with Crippen molar-refractivity contribution < 1.29 is 14.0 Å². The number of anilines is 1. The summed E-state index contributed by atoms with van der Waals surface area (Å²) in [6, 6.07) is 4.61. The van der Waals surface area contributed by atoms with Gasteiger partial charge in [0.25, 0.3) is 0 Å². The number of rotatable bonds is 5. The van der Waals surface area contributed by atoms with Crippen LogP contribution in [0, 0.1) is 24.1 Å². The normalized spacial score (nSPS) is 23.1. The molecule has 2 N–H and O–H groups in total. The molecule has 0 atom stereocenters. The molecule has 1 saturated heterocycles. The first-order chi connectivity index (χ1) is 13.2. The molecule has 2 saturated carbocycles. The second kappa shape index (κ2) is 7.14. The van der Waals surface area contributed by atoms with Crippen molar-refractivity contribution >= 4 is 17.5 Å². The highest BCUT2D eigenvalue weighted by atomic mass is 19.1. The van der Waals surface area contributed by atoms with Crippen molar-refractivity contribution in [1.82, 2.24) is 10.2 Å². The number of nitrogens with zero attached hydrogens (tertiary/aromatic N) is 1. The third kappa shape index (κ3) is 4.37. The Labute approximate surface area is 166 Å². The lowest BCUT2D eigenvalue weighted by atomic mass is 9.65. The van der Waals surface area contributed by atoms with Crippen LogP contribution in [0.3, 0.4) is 0 Å². The smallest absolute Gasteiger partial charge is 0.234 e. The van der Waals surface area contributed by atoms with E-state index in [0.717, 1.165) is 57.2 Å². The molecule has 2 aliphatic carbocycles. The summed E-state index contributed by atoms with van der Waals surface area (Å²) < 4.78 is 13.5. The number of carbonyl (C=O) groups is 2. The molecule has 4 rings (SSSR count). The van der Waals surface area contributed by atoms with Crippen LogP contribution in [0.4, 0.5) is 10.1 Å². The number of amides is 2. The summed E-state index contributed by atoms with van der Waals surface area (Å²) in [5.74, 6) is -0.213. The second-order valence-corrected chi connectivity index (χ2v) is 9.53. The average molecular weight is 387 g/mol. The molecular weight excluding hydrogens is 357 g/mol. The number of carbonyl (C=O) groups excluding carboxylic acids is 2. The Morgan fingerprint density at radius 2 is 1.82 bits per heavy atom. The molecule has 28 heavy (non-hydrogen) atoms. The average Bonchev–Trinajstić information content (AvgIpc) is 3.29. The maximum absolute atomic E-state index is 13.5. The first-order valence-corrected chi connectivity index (χ1v) is 10.4. The van der Waals surface area contributed by atoms with Crippen molar-refractivity contribution in [2.24, 2.45) is 11.3 Å². The molecule has 1 aromatic rings. The van der Waals surface area contributed by atoms with Crippen LogP contribution in [0.2, 0.25) is 0 Å². The SMILES string of the molecule is Cc1cc(F)cc(NC(=O)C2CCC3(CC2)CN(CC(=O)NC2(C)CC2)C3)c1. The maximum Gasteiger partial charge on any atom is 0.234 e. The zero-order chi connectivity index (χ0) is 19.9. The van der Waals surface area contributed by atoms with Gasteiger partial charge in [0.1, 0.15) is 5.82 Å². The molecule has 0 aromatic heterocycles. The highest BCUT2D eigenvalue weighted by molar-refractivity contribution is 5.92. The molecule has 5 nitrogen and oxygen atoms in total. The minimum absolute atomic E-state index is 0.00640. The van der Waals surface area contributed by atoms with Gasteiger partial charge >= 0.3 is 0 Å². The molecule has 3 aliphatic rings. The van der Waals surface area contributed by atoms with Crippen molar-refractivity contribution in [3.63, 3.8) is 0 Å². The van der Waals surface area contributed by atoms with Crippen molar-refractivity contribution in [1.29, 1.82) is 0 Å². The number of likely N-dealkylation sites (tertiary alicyclic amines) is 1. The zero-order valence-corrected chi connectivity index (χ0v) is 16.8. The van der Waals surface area contributed by atoms with Crippen LogP contribution in [-0.4, -0.2) is 41.9 Å². The van der Waals surface area contributed by atoms with Gasteiger partial charge in [-0.15, -0.1) is 0 Å². The zero-order valence-electron chi connectivity index (χ0n) is 16.8. The molecule has 0 radical (unpaired) electrons.